The second kappa shape index (κ2) is 6.14. The molecule has 1 N–H and O–H groups in total. The molecule has 3 nitrogen and oxygen atoms in total. The van der Waals surface area contributed by atoms with Crippen molar-refractivity contribution in [3.63, 3.8) is 0 Å². The van der Waals surface area contributed by atoms with Crippen molar-refractivity contribution in [1.82, 2.24) is 0 Å². The number of amides is 1. The summed E-state index contributed by atoms with van der Waals surface area (Å²) in [5, 5.41) is 3.84. The van der Waals surface area contributed by atoms with Gasteiger partial charge in [0, 0.05) is 26.9 Å². The molecule has 0 unspecified atom stereocenters. The van der Waals surface area contributed by atoms with Gasteiger partial charge in [0.05, 0.1) is 7.11 Å². The summed E-state index contributed by atoms with van der Waals surface area (Å²) in [7, 11) is 1.46. The molecule has 3 rings (SSSR count). The van der Waals surface area contributed by atoms with E-state index < -0.39 is 17.5 Å². The van der Waals surface area contributed by atoms with E-state index in [1.54, 1.807) is 18.2 Å². The lowest BCUT2D eigenvalue weighted by Gasteiger charge is -2.06. The Balaban J connectivity index is 1.98. The van der Waals surface area contributed by atoms with E-state index in [-0.39, 0.29) is 5.69 Å². The van der Waals surface area contributed by atoms with Crippen LogP contribution in [0.4, 0.5) is 14.5 Å². The molecule has 0 fully saturated rings. The van der Waals surface area contributed by atoms with Gasteiger partial charge in [0.15, 0.2) is 11.6 Å². The van der Waals surface area contributed by atoms with E-state index in [9.17, 15) is 13.6 Å². The lowest BCUT2D eigenvalue weighted by Crippen LogP contribution is -2.11. The Morgan fingerprint density at radius 3 is 2.65 bits per heavy atom. The van der Waals surface area contributed by atoms with E-state index >= 15 is 0 Å². The summed E-state index contributed by atoms with van der Waals surface area (Å²) in [5.74, 6) is -2.05. The zero-order chi connectivity index (χ0) is 16.6. The molecule has 0 spiro atoms. The van der Waals surface area contributed by atoms with Crippen LogP contribution in [-0.2, 0) is 0 Å². The van der Waals surface area contributed by atoms with Gasteiger partial charge in [0.2, 0.25) is 0 Å². The number of ether oxygens (including phenoxy) is 1. The van der Waals surface area contributed by atoms with Crippen molar-refractivity contribution in [1.29, 1.82) is 0 Å². The van der Waals surface area contributed by atoms with Crippen LogP contribution in [0.3, 0.4) is 0 Å². The summed E-state index contributed by atoms with van der Waals surface area (Å²) in [6, 6.07) is 8.36. The first-order valence-electron chi connectivity index (χ1n) is 6.52. The molecule has 0 aliphatic rings. The fourth-order valence-corrected chi connectivity index (χ4v) is 3.50. The fraction of sp³-hybridized carbons (Fsp3) is 0.0625. The first-order valence-corrected chi connectivity index (χ1v) is 7.71. The first kappa shape index (κ1) is 15.7. The Morgan fingerprint density at radius 1 is 1.17 bits per heavy atom. The molecule has 0 aliphatic heterocycles. The van der Waals surface area contributed by atoms with E-state index in [1.807, 2.05) is 0 Å². The number of carbonyl (C=O) groups excluding carboxylic acids is 1. The van der Waals surface area contributed by atoms with E-state index in [1.165, 1.54) is 24.5 Å². The van der Waals surface area contributed by atoms with Crippen LogP contribution in [0.2, 0.25) is 5.02 Å². The van der Waals surface area contributed by atoms with Crippen molar-refractivity contribution in [2.45, 2.75) is 0 Å². The third-order valence-corrected chi connectivity index (χ3v) is 4.56. The Labute approximate surface area is 139 Å². The minimum atomic E-state index is -1.03. The average Bonchev–Trinajstić information content (AvgIpc) is 2.88. The number of benzene rings is 2. The van der Waals surface area contributed by atoms with Gasteiger partial charge >= 0.3 is 0 Å². The topological polar surface area (TPSA) is 38.3 Å². The summed E-state index contributed by atoms with van der Waals surface area (Å²) < 4.78 is 32.3. The highest BCUT2D eigenvalue weighted by Crippen LogP contribution is 2.39. The molecule has 0 atom stereocenters. The van der Waals surface area contributed by atoms with Gasteiger partial charge in [-0.25, -0.2) is 8.78 Å². The van der Waals surface area contributed by atoms with Crippen LogP contribution >= 0.6 is 22.9 Å². The van der Waals surface area contributed by atoms with Gasteiger partial charge in [-0.3, -0.25) is 4.79 Å². The first-order chi connectivity index (χ1) is 11.0. The zero-order valence-electron chi connectivity index (χ0n) is 11.8. The van der Waals surface area contributed by atoms with Crippen molar-refractivity contribution in [3.8, 4) is 5.75 Å². The van der Waals surface area contributed by atoms with E-state index in [4.69, 9.17) is 16.3 Å². The molecule has 23 heavy (non-hydrogen) atoms. The Hall–Kier alpha value is -2.18. The zero-order valence-corrected chi connectivity index (χ0v) is 13.4. The molecule has 3 aromatic rings. The lowest BCUT2D eigenvalue weighted by atomic mass is 10.2. The monoisotopic (exact) mass is 353 g/mol. The van der Waals surface area contributed by atoms with Crippen LogP contribution in [0.5, 0.6) is 5.75 Å². The van der Waals surface area contributed by atoms with Gasteiger partial charge < -0.3 is 10.1 Å². The van der Waals surface area contributed by atoms with Crippen molar-refractivity contribution in [3.05, 3.63) is 57.9 Å². The van der Waals surface area contributed by atoms with Gasteiger partial charge in [-0.1, -0.05) is 11.6 Å². The number of hydrogen-bond acceptors (Lipinski definition) is 3. The van der Waals surface area contributed by atoms with Crippen molar-refractivity contribution < 1.29 is 18.3 Å². The molecule has 7 heteroatoms. The third kappa shape index (κ3) is 3.00. The number of hydrogen-bond donors (Lipinski definition) is 1. The highest BCUT2D eigenvalue weighted by molar-refractivity contribution is 7.21. The highest BCUT2D eigenvalue weighted by atomic mass is 35.5. The Kier molecular flexibility index (Phi) is 4.19. The molecule has 2 aromatic carbocycles. The van der Waals surface area contributed by atoms with Crippen LogP contribution in [0.25, 0.3) is 10.1 Å². The molecular formula is C16H10ClF2NO2S. The maximum Gasteiger partial charge on any atom is 0.269 e. The van der Waals surface area contributed by atoms with Crippen molar-refractivity contribution >= 4 is 44.6 Å². The number of anilines is 1. The second-order valence-electron chi connectivity index (χ2n) is 4.69. The van der Waals surface area contributed by atoms with Gasteiger partial charge in [-0.2, -0.15) is 0 Å². The summed E-state index contributed by atoms with van der Waals surface area (Å²) in [6.45, 7) is 0. The smallest absolute Gasteiger partial charge is 0.269 e. The predicted octanol–water partition coefficient (Wildman–Crippen LogP) is 5.09. The Bertz CT molecular complexity index is 910. The molecule has 0 saturated carbocycles. The summed E-state index contributed by atoms with van der Waals surface area (Å²) in [4.78, 5) is 12.7. The molecule has 0 bridgehead atoms. The molecular weight excluding hydrogens is 344 g/mol. The van der Waals surface area contributed by atoms with Crippen LogP contribution < -0.4 is 10.1 Å². The van der Waals surface area contributed by atoms with E-state index in [2.05, 4.69) is 5.32 Å². The number of carbonyl (C=O) groups is 1. The number of fused-ring (bicyclic) bond motifs is 1. The highest BCUT2D eigenvalue weighted by Gasteiger charge is 2.20. The maximum atomic E-state index is 13.2. The molecule has 0 saturated heterocycles. The lowest BCUT2D eigenvalue weighted by molar-refractivity contribution is 0.102. The SMILES string of the molecule is COc1c(C(=O)Nc2ccc(F)c(F)c2)sc2cc(Cl)ccc12. The summed E-state index contributed by atoms with van der Waals surface area (Å²) >= 11 is 7.16. The fourth-order valence-electron chi connectivity index (χ4n) is 2.16. The normalized spacial score (nSPS) is 10.8. The summed E-state index contributed by atoms with van der Waals surface area (Å²) in [6.07, 6.45) is 0. The maximum absolute atomic E-state index is 13.2. The predicted molar refractivity (Wildman–Crippen MR) is 87.7 cm³/mol. The third-order valence-electron chi connectivity index (χ3n) is 3.19. The van der Waals surface area contributed by atoms with Gasteiger partial charge in [-0.05, 0) is 30.3 Å². The average molecular weight is 354 g/mol. The van der Waals surface area contributed by atoms with Crippen molar-refractivity contribution in [2.75, 3.05) is 12.4 Å². The quantitative estimate of drug-likeness (QED) is 0.712. The number of rotatable bonds is 3. The van der Waals surface area contributed by atoms with Gasteiger partial charge in [0.1, 0.15) is 10.6 Å². The molecule has 1 heterocycles. The molecule has 118 valence electrons. The van der Waals surface area contributed by atoms with Crippen LogP contribution in [-0.4, -0.2) is 13.0 Å². The van der Waals surface area contributed by atoms with Crippen LogP contribution in [0.1, 0.15) is 9.67 Å². The minimum absolute atomic E-state index is 0.159. The van der Waals surface area contributed by atoms with Crippen LogP contribution in [0.15, 0.2) is 36.4 Å². The molecule has 1 amide bonds. The largest absolute Gasteiger partial charge is 0.494 e. The molecule has 1 aromatic heterocycles. The molecule has 0 aliphatic carbocycles. The second-order valence-corrected chi connectivity index (χ2v) is 6.18. The number of halogens is 3. The van der Waals surface area contributed by atoms with Gasteiger partial charge in [0.25, 0.3) is 5.91 Å². The molecule has 0 radical (unpaired) electrons. The standard InChI is InChI=1S/C16H10ClF2NO2S/c1-22-14-10-4-2-8(17)6-13(10)23-15(14)16(21)20-9-3-5-11(18)12(19)7-9/h2-7H,1H3,(H,20,21). The van der Waals surface area contributed by atoms with E-state index in [0.717, 1.165) is 22.2 Å². The number of thiophene rings is 1. The minimum Gasteiger partial charge on any atom is -0.494 e. The number of methoxy groups -OCH3 is 1. The van der Waals surface area contributed by atoms with Crippen molar-refractivity contribution in [2.24, 2.45) is 0 Å². The Morgan fingerprint density at radius 2 is 1.96 bits per heavy atom. The van der Waals surface area contributed by atoms with Gasteiger partial charge in [-0.15, -0.1) is 11.3 Å². The summed E-state index contributed by atoms with van der Waals surface area (Å²) in [5.41, 5.74) is 0.159. The van der Waals surface area contributed by atoms with Crippen LogP contribution in [0, 0.1) is 11.6 Å². The van der Waals surface area contributed by atoms with E-state index in [0.29, 0.717) is 15.6 Å². The number of nitrogens with one attached hydrogen (secondary N) is 1.